The van der Waals surface area contributed by atoms with Crippen LogP contribution in [-0.2, 0) is 22.4 Å². The van der Waals surface area contributed by atoms with E-state index < -0.39 is 0 Å². The lowest BCUT2D eigenvalue weighted by Crippen LogP contribution is -2.36. The highest BCUT2D eigenvalue weighted by Gasteiger charge is 2.02. The molecule has 0 atom stereocenters. The summed E-state index contributed by atoms with van der Waals surface area (Å²) < 4.78 is 4.87. The molecule has 8 heteroatoms. The van der Waals surface area contributed by atoms with Gasteiger partial charge in [-0.3, -0.25) is 4.79 Å². The molecule has 1 rings (SSSR count). The molecule has 5 nitrogen and oxygen atoms in total. The van der Waals surface area contributed by atoms with Crippen LogP contribution in [0.3, 0.4) is 0 Å². The summed E-state index contributed by atoms with van der Waals surface area (Å²) in [5, 5.41) is 6.94. The molecule has 0 radical (unpaired) electrons. The molecule has 0 aliphatic heterocycles. The van der Waals surface area contributed by atoms with Gasteiger partial charge in [-0.05, 0) is 6.42 Å². The Hall–Kier alpha value is -0.400. The van der Waals surface area contributed by atoms with Crippen LogP contribution in [0.15, 0.2) is 6.20 Å². The monoisotopic (exact) mass is 343 g/mol. The zero-order valence-electron chi connectivity index (χ0n) is 11.8. The third kappa shape index (κ3) is 9.50. The quantitative estimate of drug-likeness (QED) is 0.666. The van der Waals surface area contributed by atoms with Crippen LogP contribution in [0.2, 0.25) is 0 Å². The van der Waals surface area contributed by atoms with E-state index in [1.165, 1.54) is 4.88 Å². The highest BCUT2D eigenvalue weighted by atomic mass is 35.5. The number of nitrogens with zero attached hydrogens (tertiary/aromatic N) is 1. The molecule has 0 fully saturated rings. The standard InChI is InChI=1S/C12H21N3O2S.2ClH/c1-3-10-8-15-12(18-10)4-5-14-11(16)9-13-6-7-17-2;;/h8,13H,3-7,9H2,1-2H3,(H,14,16);2*1H. The second kappa shape index (κ2) is 13.6. The van der Waals surface area contributed by atoms with E-state index in [-0.39, 0.29) is 30.7 Å². The molecule has 0 aliphatic carbocycles. The average molecular weight is 344 g/mol. The Morgan fingerprint density at radius 3 is 2.75 bits per heavy atom. The van der Waals surface area contributed by atoms with Gasteiger partial charge in [0.2, 0.25) is 5.91 Å². The Bertz CT molecular complexity index is 364. The number of halogens is 2. The SMILES string of the molecule is CCc1cnc(CCNC(=O)CNCCOC)s1.Cl.Cl. The van der Waals surface area contributed by atoms with Crippen LogP contribution in [-0.4, -0.2) is 44.2 Å². The van der Waals surface area contributed by atoms with Gasteiger partial charge in [-0.1, -0.05) is 6.92 Å². The second-order valence-corrected chi connectivity index (χ2v) is 5.04. The summed E-state index contributed by atoms with van der Waals surface area (Å²) in [6.45, 7) is 4.40. The van der Waals surface area contributed by atoms with Crippen molar-refractivity contribution in [3.8, 4) is 0 Å². The predicted molar refractivity (Wildman–Crippen MR) is 87.4 cm³/mol. The molecule has 1 aromatic rings. The lowest BCUT2D eigenvalue weighted by molar-refractivity contribution is -0.120. The molecule has 1 heterocycles. The molecule has 0 bridgehead atoms. The summed E-state index contributed by atoms with van der Waals surface area (Å²) in [5.41, 5.74) is 0. The van der Waals surface area contributed by atoms with Crippen LogP contribution < -0.4 is 10.6 Å². The summed E-state index contributed by atoms with van der Waals surface area (Å²) in [7, 11) is 1.64. The van der Waals surface area contributed by atoms with Gasteiger partial charge in [-0.15, -0.1) is 36.2 Å². The zero-order valence-corrected chi connectivity index (χ0v) is 14.3. The van der Waals surface area contributed by atoms with Crippen molar-refractivity contribution in [2.75, 3.05) is 33.4 Å². The molecule has 0 unspecified atom stereocenters. The normalized spacial score (nSPS) is 9.50. The Morgan fingerprint density at radius 1 is 1.40 bits per heavy atom. The van der Waals surface area contributed by atoms with Crippen LogP contribution in [0.5, 0.6) is 0 Å². The van der Waals surface area contributed by atoms with E-state index in [1.54, 1.807) is 18.4 Å². The fourth-order valence-electron chi connectivity index (χ4n) is 1.37. The fourth-order valence-corrected chi connectivity index (χ4v) is 2.24. The van der Waals surface area contributed by atoms with Crippen molar-refractivity contribution in [1.82, 2.24) is 15.6 Å². The van der Waals surface area contributed by atoms with Gasteiger partial charge in [0.25, 0.3) is 0 Å². The first-order valence-corrected chi connectivity index (χ1v) is 6.97. The molecule has 20 heavy (non-hydrogen) atoms. The minimum atomic E-state index is 0. The number of rotatable bonds is 9. The molecular weight excluding hydrogens is 321 g/mol. The maximum Gasteiger partial charge on any atom is 0.233 e. The first-order valence-electron chi connectivity index (χ1n) is 6.16. The van der Waals surface area contributed by atoms with Gasteiger partial charge in [-0.2, -0.15) is 0 Å². The van der Waals surface area contributed by atoms with Gasteiger partial charge < -0.3 is 15.4 Å². The number of methoxy groups -OCH3 is 1. The number of aryl methyl sites for hydroxylation is 1. The van der Waals surface area contributed by atoms with Crippen LogP contribution in [0.4, 0.5) is 0 Å². The fraction of sp³-hybridized carbons (Fsp3) is 0.667. The van der Waals surface area contributed by atoms with Gasteiger partial charge in [0.1, 0.15) is 0 Å². The van der Waals surface area contributed by atoms with Crippen LogP contribution in [0.1, 0.15) is 16.8 Å². The van der Waals surface area contributed by atoms with E-state index in [0.717, 1.165) is 17.8 Å². The minimum absolute atomic E-state index is 0. The smallest absolute Gasteiger partial charge is 0.233 e. The maximum atomic E-state index is 11.4. The van der Waals surface area contributed by atoms with E-state index in [4.69, 9.17) is 4.74 Å². The van der Waals surface area contributed by atoms with Crippen LogP contribution in [0.25, 0.3) is 0 Å². The topological polar surface area (TPSA) is 63.2 Å². The number of hydrogen-bond acceptors (Lipinski definition) is 5. The van der Waals surface area contributed by atoms with E-state index in [9.17, 15) is 4.79 Å². The third-order valence-electron chi connectivity index (χ3n) is 2.38. The Morgan fingerprint density at radius 2 is 2.15 bits per heavy atom. The molecule has 1 amide bonds. The number of nitrogens with one attached hydrogen (secondary N) is 2. The van der Waals surface area contributed by atoms with E-state index in [0.29, 0.717) is 26.2 Å². The molecule has 118 valence electrons. The van der Waals surface area contributed by atoms with E-state index in [1.807, 2.05) is 6.20 Å². The molecule has 0 saturated carbocycles. The van der Waals surface area contributed by atoms with Gasteiger partial charge in [-0.25, -0.2) is 4.98 Å². The summed E-state index contributed by atoms with van der Waals surface area (Å²) in [4.78, 5) is 17.0. The number of ether oxygens (including phenoxy) is 1. The lowest BCUT2D eigenvalue weighted by Gasteiger charge is -2.05. The van der Waals surface area contributed by atoms with Gasteiger partial charge >= 0.3 is 0 Å². The minimum Gasteiger partial charge on any atom is -0.383 e. The largest absolute Gasteiger partial charge is 0.383 e. The number of carbonyl (C=O) groups is 1. The molecule has 0 aliphatic rings. The van der Waals surface area contributed by atoms with Crippen molar-refractivity contribution < 1.29 is 9.53 Å². The summed E-state index contributed by atoms with van der Waals surface area (Å²) in [5.74, 6) is 0.0124. The summed E-state index contributed by atoms with van der Waals surface area (Å²) >= 11 is 1.71. The number of hydrogen-bond donors (Lipinski definition) is 2. The first-order chi connectivity index (χ1) is 8.76. The van der Waals surface area contributed by atoms with Crippen molar-refractivity contribution in [3.63, 3.8) is 0 Å². The van der Waals surface area contributed by atoms with Crippen molar-refractivity contribution in [2.45, 2.75) is 19.8 Å². The Kier molecular flexibility index (Phi) is 14.9. The van der Waals surface area contributed by atoms with Crippen molar-refractivity contribution >= 4 is 42.1 Å². The van der Waals surface area contributed by atoms with Crippen molar-refractivity contribution in [3.05, 3.63) is 16.1 Å². The van der Waals surface area contributed by atoms with Gasteiger partial charge in [0, 0.05) is 37.7 Å². The predicted octanol–water partition coefficient (Wildman–Crippen LogP) is 1.44. The van der Waals surface area contributed by atoms with Gasteiger partial charge in [0.15, 0.2) is 0 Å². The molecule has 0 spiro atoms. The van der Waals surface area contributed by atoms with Gasteiger partial charge in [0.05, 0.1) is 18.2 Å². The average Bonchev–Trinajstić information content (AvgIpc) is 2.83. The molecular formula is C12H23Cl2N3O2S. The Labute approximate surface area is 136 Å². The van der Waals surface area contributed by atoms with Crippen molar-refractivity contribution in [2.24, 2.45) is 0 Å². The number of amides is 1. The summed E-state index contributed by atoms with van der Waals surface area (Å²) in [6.07, 6.45) is 3.73. The molecule has 2 N–H and O–H groups in total. The molecule has 0 aromatic carbocycles. The zero-order chi connectivity index (χ0) is 13.2. The van der Waals surface area contributed by atoms with Crippen molar-refractivity contribution in [1.29, 1.82) is 0 Å². The van der Waals surface area contributed by atoms with E-state index >= 15 is 0 Å². The number of aromatic nitrogens is 1. The number of carbonyl (C=O) groups excluding carboxylic acids is 1. The third-order valence-corrected chi connectivity index (χ3v) is 3.58. The first kappa shape index (κ1) is 21.9. The lowest BCUT2D eigenvalue weighted by atomic mass is 10.4. The van der Waals surface area contributed by atoms with E-state index in [2.05, 4.69) is 22.5 Å². The highest BCUT2D eigenvalue weighted by molar-refractivity contribution is 7.11. The second-order valence-electron chi connectivity index (χ2n) is 3.84. The molecule has 0 saturated heterocycles. The van der Waals surface area contributed by atoms with Crippen LogP contribution in [0, 0.1) is 0 Å². The Balaban J connectivity index is 0. The number of thiazole rings is 1. The summed E-state index contributed by atoms with van der Waals surface area (Å²) in [6, 6.07) is 0. The highest BCUT2D eigenvalue weighted by Crippen LogP contribution is 2.13. The molecule has 1 aromatic heterocycles. The van der Waals surface area contributed by atoms with Crippen LogP contribution >= 0.6 is 36.2 Å². The maximum absolute atomic E-state index is 11.4.